The van der Waals surface area contributed by atoms with Crippen LogP contribution >= 0.6 is 0 Å². The summed E-state index contributed by atoms with van der Waals surface area (Å²) in [4.78, 5) is 20.6. The summed E-state index contributed by atoms with van der Waals surface area (Å²) >= 11 is 0. The molecule has 0 aromatic carbocycles. The minimum atomic E-state index is -0.0992. The quantitative estimate of drug-likeness (QED) is 0.0577. The van der Waals surface area contributed by atoms with Crippen LogP contribution in [0.4, 0.5) is 0 Å². The van der Waals surface area contributed by atoms with Gasteiger partial charge in [0.05, 0.1) is 0 Å². The van der Waals surface area contributed by atoms with E-state index in [4.69, 9.17) is 4.74 Å². The lowest BCUT2D eigenvalue weighted by Gasteiger charge is -2.06. The number of nitrogens with zero attached hydrogens (tertiary/aromatic N) is 2. The number of pyridine rings is 2. The van der Waals surface area contributed by atoms with Crippen molar-refractivity contribution >= 4 is 5.97 Å². The average molecular weight is 651 g/mol. The van der Waals surface area contributed by atoms with Crippen LogP contribution in [-0.4, -0.2) is 22.0 Å². The van der Waals surface area contributed by atoms with Gasteiger partial charge >= 0.3 is 5.97 Å². The van der Waals surface area contributed by atoms with Crippen molar-refractivity contribution in [2.75, 3.05) is 0 Å². The Balaban J connectivity index is 1.04. The number of ether oxygens (including phenoxy) is 1. The molecule has 0 N–H and O–H groups in total. The van der Waals surface area contributed by atoms with Crippen molar-refractivity contribution in [1.82, 2.24) is 9.97 Å². The molecule has 1 atom stereocenters. The molecule has 3 rings (SSSR count). The Labute approximate surface area is 293 Å². The number of cyclic esters (lactones) is 1. The molecule has 0 spiro atoms. The maximum Gasteiger partial charge on any atom is 0.334 e. The lowest BCUT2D eigenvalue weighted by Crippen LogP contribution is -2.08. The summed E-state index contributed by atoms with van der Waals surface area (Å²) in [5.41, 5.74) is 3.59. The molecule has 3 heterocycles. The highest BCUT2D eigenvalue weighted by Crippen LogP contribution is 2.23. The van der Waals surface area contributed by atoms with Gasteiger partial charge in [0.15, 0.2) is 0 Å². The third-order valence-corrected chi connectivity index (χ3v) is 9.18. The Morgan fingerprint density at radius 3 is 1.42 bits per heavy atom. The molecule has 0 saturated carbocycles. The predicted molar refractivity (Wildman–Crippen MR) is 200 cm³/mol. The Bertz CT molecular complexity index is 1250. The molecule has 2 aromatic rings. The van der Waals surface area contributed by atoms with E-state index < -0.39 is 0 Å². The molecule has 0 saturated heterocycles. The molecular formula is C44H62N2O2. The normalized spacial score (nSPS) is 13.7. The molecular weight excluding hydrogens is 588 g/mol. The largest absolute Gasteiger partial charge is 0.455 e. The van der Waals surface area contributed by atoms with Crippen molar-refractivity contribution in [2.24, 2.45) is 0 Å². The SMILES string of the molecule is O=C1OC(CCCCC#CCCCCCCCCCc2cccnc2)C=C1CCCCCC#CCCCCCCCCc1cccnc1. The summed E-state index contributed by atoms with van der Waals surface area (Å²) in [6.07, 6.45) is 40.0. The van der Waals surface area contributed by atoms with Gasteiger partial charge in [-0.1, -0.05) is 76.3 Å². The topological polar surface area (TPSA) is 52.1 Å². The van der Waals surface area contributed by atoms with E-state index in [1.54, 1.807) is 0 Å². The summed E-state index contributed by atoms with van der Waals surface area (Å²) in [5, 5.41) is 0. The van der Waals surface area contributed by atoms with Crippen LogP contribution in [0, 0.1) is 23.7 Å². The summed E-state index contributed by atoms with van der Waals surface area (Å²) in [5.74, 6) is 13.3. The zero-order valence-electron chi connectivity index (χ0n) is 29.9. The maximum absolute atomic E-state index is 12.3. The van der Waals surface area contributed by atoms with E-state index in [1.165, 1.54) is 94.6 Å². The van der Waals surface area contributed by atoms with E-state index in [1.807, 2.05) is 36.9 Å². The molecule has 1 unspecified atom stereocenters. The molecule has 4 nitrogen and oxygen atoms in total. The van der Waals surface area contributed by atoms with Crippen LogP contribution < -0.4 is 0 Å². The monoisotopic (exact) mass is 650 g/mol. The molecule has 1 aliphatic heterocycles. The zero-order chi connectivity index (χ0) is 33.6. The highest BCUT2D eigenvalue weighted by Gasteiger charge is 2.24. The van der Waals surface area contributed by atoms with Crippen molar-refractivity contribution in [1.29, 1.82) is 0 Å². The molecule has 48 heavy (non-hydrogen) atoms. The number of aryl methyl sites for hydroxylation is 2. The number of unbranched alkanes of at least 4 members (excludes halogenated alkanes) is 18. The minimum Gasteiger partial charge on any atom is -0.455 e. The van der Waals surface area contributed by atoms with Gasteiger partial charge in [-0.05, 0) is 106 Å². The third-order valence-electron chi connectivity index (χ3n) is 9.18. The second-order valence-electron chi connectivity index (χ2n) is 13.5. The van der Waals surface area contributed by atoms with Crippen LogP contribution in [0.1, 0.15) is 165 Å². The Morgan fingerprint density at radius 1 is 0.521 bits per heavy atom. The summed E-state index contributed by atoms with van der Waals surface area (Å²) in [6, 6.07) is 8.39. The number of rotatable bonds is 26. The average Bonchev–Trinajstić information content (AvgIpc) is 3.47. The maximum atomic E-state index is 12.3. The first-order chi connectivity index (χ1) is 23.8. The second-order valence-corrected chi connectivity index (χ2v) is 13.5. The third kappa shape index (κ3) is 20.1. The van der Waals surface area contributed by atoms with Crippen LogP contribution in [0.2, 0.25) is 0 Å². The van der Waals surface area contributed by atoms with E-state index >= 15 is 0 Å². The van der Waals surface area contributed by atoms with Gasteiger partial charge in [-0.3, -0.25) is 9.97 Å². The predicted octanol–water partition coefficient (Wildman–Crippen LogP) is 11.5. The van der Waals surface area contributed by atoms with Gasteiger partial charge in [0, 0.05) is 56.0 Å². The minimum absolute atomic E-state index is 0.0338. The number of carbonyl (C=O) groups excluding carboxylic acids is 1. The molecule has 4 heteroatoms. The smallest absolute Gasteiger partial charge is 0.334 e. The second kappa shape index (κ2) is 27.6. The standard InChI is InChI=1S/C44H62N2O2/c47-44-42(33-25-21-17-13-9-5-1-3-7-11-15-19-23-29-40-31-27-35-45-38-40)37-43(48-44)34-26-22-18-14-10-6-2-4-8-12-16-20-24-30-41-32-28-36-46-39-41/h27-28,31-32,35-39,43H,1-4,6-8,11-13,15-26,29-30,33-34H2. The molecule has 260 valence electrons. The van der Waals surface area contributed by atoms with Crippen molar-refractivity contribution in [3.05, 3.63) is 71.8 Å². The van der Waals surface area contributed by atoms with E-state index in [-0.39, 0.29) is 12.1 Å². The van der Waals surface area contributed by atoms with Gasteiger partial charge in [0.25, 0.3) is 0 Å². The molecule has 0 aliphatic carbocycles. The lowest BCUT2D eigenvalue weighted by atomic mass is 10.0. The number of aromatic nitrogens is 2. The van der Waals surface area contributed by atoms with Crippen LogP contribution in [0.15, 0.2) is 60.7 Å². The number of hydrogen-bond acceptors (Lipinski definition) is 4. The highest BCUT2D eigenvalue weighted by molar-refractivity contribution is 5.90. The van der Waals surface area contributed by atoms with Crippen LogP contribution in [0.25, 0.3) is 0 Å². The Kier molecular flexibility index (Phi) is 22.4. The van der Waals surface area contributed by atoms with Gasteiger partial charge < -0.3 is 4.74 Å². The van der Waals surface area contributed by atoms with E-state index in [0.717, 1.165) is 89.0 Å². The van der Waals surface area contributed by atoms with Gasteiger partial charge in [-0.25, -0.2) is 4.79 Å². The Morgan fingerprint density at radius 2 is 0.938 bits per heavy atom. The van der Waals surface area contributed by atoms with Gasteiger partial charge in [0.2, 0.25) is 0 Å². The van der Waals surface area contributed by atoms with Crippen molar-refractivity contribution < 1.29 is 9.53 Å². The molecule has 0 bridgehead atoms. The Hall–Kier alpha value is -3.37. The molecule has 0 amide bonds. The molecule has 1 aliphatic rings. The van der Waals surface area contributed by atoms with E-state index in [9.17, 15) is 4.79 Å². The van der Waals surface area contributed by atoms with Gasteiger partial charge in [0.1, 0.15) is 6.10 Å². The number of hydrogen-bond donors (Lipinski definition) is 0. The highest BCUT2D eigenvalue weighted by atomic mass is 16.5. The first-order valence-electron chi connectivity index (χ1n) is 19.4. The van der Waals surface area contributed by atoms with Gasteiger partial charge in [-0.2, -0.15) is 0 Å². The summed E-state index contributed by atoms with van der Waals surface area (Å²) in [7, 11) is 0. The van der Waals surface area contributed by atoms with Crippen molar-refractivity contribution in [3.8, 4) is 23.7 Å². The lowest BCUT2D eigenvalue weighted by molar-refractivity contribution is -0.140. The molecule has 0 fully saturated rings. The fourth-order valence-electron chi connectivity index (χ4n) is 6.25. The van der Waals surface area contributed by atoms with E-state index in [0.29, 0.717) is 0 Å². The zero-order valence-corrected chi connectivity index (χ0v) is 29.9. The summed E-state index contributed by atoms with van der Waals surface area (Å²) in [6.45, 7) is 0. The van der Waals surface area contributed by atoms with Gasteiger partial charge in [-0.15, -0.1) is 23.7 Å². The van der Waals surface area contributed by atoms with Crippen molar-refractivity contribution in [2.45, 2.75) is 173 Å². The summed E-state index contributed by atoms with van der Waals surface area (Å²) < 4.78 is 5.60. The van der Waals surface area contributed by atoms with Crippen LogP contribution in [0.5, 0.6) is 0 Å². The fraction of sp³-hybridized carbons (Fsp3) is 0.614. The van der Waals surface area contributed by atoms with Crippen LogP contribution in [0.3, 0.4) is 0 Å². The van der Waals surface area contributed by atoms with E-state index in [2.05, 4.69) is 51.9 Å². The number of carbonyl (C=O) groups is 1. The number of esters is 1. The van der Waals surface area contributed by atoms with Crippen molar-refractivity contribution in [3.63, 3.8) is 0 Å². The molecule has 0 radical (unpaired) electrons. The first-order valence-corrected chi connectivity index (χ1v) is 19.4. The molecule has 2 aromatic heterocycles. The van der Waals surface area contributed by atoms with Crippen LogP contribution in [-0.2, 0) is 22.4 Å². The fourth-order valence-corrected chi connectivity index (χ4v) is 6.25. The first kappa shape index (κ1) is 39.1.